The Morgan fingerprint density at radius 3 is 2.82 bits per heavy atom. The van der Waals surface area contributed by atoms with E-state index in [1.165, 1.54) is 0 Å². The molecule has 1 unspecified atom stereocenters. The third-order valence-electron chi connectivity index (χ3n) is 3.64. The molecule has 1 aromatic carbocycles. The summed E-state index contributed by atoms with van der Waals surface area (Å²) in [6.07, 6.45) is 2.34. The van der Waals surface area contributed by atoms with E-state index in [1.807, 2.05) is 0 Å². The summed E-state index contributed by atoms with van der Waals surface area (Å²) < 4.78 is 37.6. The number of nitro benzene ring substituents is 1. The molecule has 8 heteroatoms. The number of halogens is 2. The number of aliphatic hydroxyl groups is 1. The molecule has 1 aromatic rings. The number of aliphatic hydroxyl groups excluding tert-OH is 1. The van der Waals surface area contributed by atoms with Gasteiger partial charge in [-0.05, 0) is 25.3 Å². The highest BCUT2D eigenvalue weighted by atomic mass is 19.2. The second-order valence-electron chi connectivity index (χ2n) is 5.13. The van der Waals surface area contributed by atoms with Gasteiger partial charge in [0.15, 0.2) is 5.82 Å². The average molecular weight is 317 g/mol. The predicted molar refractivity (Wildman–Crippen MR) is 72.7 cm³/mol. The third-order valence-corrected chi connectivity index (χ3v) is 3.64. The largest absolute Gasteiger partial charge is 0.484 e. The zero-order valence-electron chi connectivity index (χ0n) is 11.8. The Morgan fingerprint density at radius 2 is 2.23 bits per heavy atom. The minimum absolute atomic E-state index is 0.192. The van der Waals surface area contributed by atoms with Crippen molar-refractivity contribution in [3.05, 3.63) is 33.9 Å². The van der Waals surface area contributed by atoms with Gasteiger partial charge in [0.2, 0.25) is 11.6 Å². The molecule has 1 fully saturated rings. The molecule has 6 nitrogen and oxygen atoms in total. The zero-order chi connectivity index (χ0) is 16.1. The lowest BCUT2D eigenvalue weighted by atomic mass is 9.97. The van der Waals surface area contributed by atoms with E-state index in [0.717, 1.165) is 25.3 Å². The van der Waals surface area contributed by atoms with Gasteiger partial charge in [-0.2, -0.15) is 4.39 Å². The molecule has 0 aromatic heterocycles. The molecule has 0 radical (unpaired) electrons. The van der Waals surface area contributed by atoms with Crippen LogP contribution in [0, 0.1) is 27.7 Å². The smallest absolute Gasteiger partial charge is 0.314 e. The molecule has 1 aliphatic heterocycles. The highest BCUT2D eigenvalue weighted by Gasteiger charge is 2.28. The molecular weight excluding hydrogens is 300 g/mol. The first-order valence-electron chi connectivity index (χ1n) is 7.02. The highest BCUT2D eigenvalue weighted by Crippen LogP contribution is 2.32. The molecule has 2 atom stereocenters. The highest BCUT2D eigenvalue weighted by molar-refractivity contribution is 5.47. The minimum Gasteiger partial charge on any atom is -0.484 e. The first-order valence-corrected chi connectivity index (χ1v) is 7.02. The lowest BCUT2D eigenvalue weighted by Gasteiger charge is -2.29. The van der Waals surface area contributed by atoms with Crippen LogP contribution in [0.3, 0.4) is 0 Å². The fraction of sp³-hybridized carbons (Fsp3) is 0.571. The quantitative estimate of drug-likeness (QED) is 0.643. The maximum Gasteiger partial charge on any atom is 0.314 e. The topological polar surface area (TPSA) is 81.8 Å². The molecule has 1 aliphatic rings. The second-order valence-corrected chi connectivity index (χ2v) is 5.13. The van der Waals surface area contributed by atoms with E-state index in [4.69, 9.17) is 9.47 Å². The van der Waals surface area contributed by atoms with Crippen molar-refractivity contribution in [1.29, 1.82) is 0 Å². The SMILES string of the molecule is O=[N+]([O-])c1ccc(F)c(F)c1OC[C@H](CO)C1CCCCO1. The molecule has 2 rings (SSSR count). The van der Waals surface area contributed by atoms with Gasteiger partial charge < -0.3 is 14.6 Å². The van der Waals surface area contributed by atoms with Crippen LogP contribution in [0.5, 0.6) is 5.75 Å². The number of hydrogen-bond donors (Lipinski definition) is 1. The van der Waals surface area contributed by atoms with Crippen molar-refractivity contribution in [2.24, 2.45) is 5.92 Å². The van der Waals surface area contributed by atoms with Crippen LogP contribution in [0.1, 0.15) is 19.3 Å². The summed E-state index contributed by atoms with van der Waals surface area (Å²) in [5.74, 6) is -3.84. The van der Waals surface area contributed by atoms with E-state index in [1.54, 1.807) is 0 Å². The number of rotatable bonds is 6. The summed E-state index contributed by atoms with van der Waals surface area (Å²) in [6, 6.07) is 1.52. The molecule has 22 heavy (non-hydrogen) atoms. The molecule has 0 bridgehead atoms. The fourth-order valence-corrected chi connectivity index (χ4v) is 2.41. The Bertz CT molecular complexity index is 534. The van der Waals surface area contributed by atoms with Crippen LogP contribution in [0.2, 0.25) is 0 Å². The third kappa shape index (κ3) is 3.69. The van der Waals surface area contributed by atoms with Crippen molar-refractivity contribution in [3.63, 3.8) is 0 Å². The van der Waals surface area contributed by atoms with Crippen LogP contribution >= 0.6 is 0 Å². The normalized spacial score (nSPS) is 19.7. The number of nitrogens with zero attached hydrogens (tertiary/aromatic N) is 1. The summed E-state index contributed by atoms with van der Waals surface area (Å²) in [7, 11) is 0. The molecule has 0 aliphatic carbocycles. The van der Waals surface area contributed by atoms with Crippen molar-refractivity contribution < 1.29 is 28.3 Å². The van der Waals surface area contributed by atoms with Crippen LogP contribution in [-0.4, -0.2) is 36.0 Å². The van der Waals surface area contributed by atoms with Gasteiger partial charge in [-0.3, -0.25) is 10.1 Å². The van der Waals surface area contributed by atoms with Crippen LogP contribution in [0.4, 0.5) is 14.5 Å². The Morgan fingerprint density at radius 1 is 1.45 bits per heavy atom. The predicted octanol–water partition coefficient (Wildman–Crippen LogP) is 2.43. The zero-order valence-corrected chi connectivity index (χ0v) is 11.8. The van der Waals surface area contributed by atoms with Gasteiger partial charge in [0.1, 0.15) is 0 Å². The molecule has 0 amide bonds. The summed E-state index contributed by atoms with van der Waals surface area (Å²) in [6.45, 7) is 0.105. The first-order chi connectivity index (χ1) is 10.5. The molecule has 0 spiro atoms. The van der Waals surface area contributed by atoms with Crippen molar-refractivity contribution in [2.75, 3.05) is 19.8 Å². The second kappa shape index (κ2) is 7.46. The van der Waals surface area contributed by atoms with Gasteiger partial charge in [-0.1, -0.05) is 0 Å². The Balaban J connectivity index is 2.12. The van der Waals surface area contributed by atoms with E-state index >= 15 is 0 Å². The molecule has 122 valence electrons. The van der Waals surface area contributed by atoms with Gasteiger partial charge in [0.05, 0.1) is 24.2 Å². The maximum absolute atomic E-state index is 13.7. The van der Waals surface area contributed by atoms with E-state index < -0.39 is 33.9 Å². The first kappa shape index (κ1) is 16.6. The lowest BCUT2D eigenvalue weighted by Crippen LogP contribution is -2.34. The molecular formula is C14H17F2NO5. The fourth-order valence-electron chi connectivity index (χ4n) is 2.41. The monoisotopic (exact) mass is 317 g/mol. The number of benzene rings is 1. The van der Waals surface area contributed by atoms with E-state index in [0.29, 0.717) is 12.7 Å². The molecule has 1 saturated heterocycles. The summed E-state index contributed by atoms with van der Waals surface area (Å²) in [5.41, 5.74) is -0.653. The van der Waals surface area contributed by atoms with E-state index in [-0.39, 0.29) is 19.3 Å². The number of ether oxygens (including phenoxy) is 2. The molecule has 1 heterocycles. The number of nitro groups is 1. The van der Waals surface area contributed by atoms with Crippen molar-refractivity contribution >= 4 is 5.69 Å². The Hall–Kier alpha value is -1.80. The van der Waals surface area contributed by atoms with Crippen molar-refractivity contribution in [1.82, 2.24) is 0 Å². The van der Waals surface area contributed by atoms with Crippen molar-refractivity contribution in [2.45, 2.75) is 25.4 Å². The van der Waals surface area contributed by atoms with Gasteiger partial charge in [0.25, 0.3) is 0 Å². The standard InChI is InChI=1S/C14H17F2NO5/c15-10-4-5-11(17(19)20)14(13(10)16)22-8-9(7-18)12-3-1-2-6-21-12/h4-5,9,12,18H,1-3,6-8H2/t9-,12?/m0/s1. The van der Waals surface area contributed by atoms with E-state index in [2.05, 4.69) is 0 Å². The lowest BCUT2D eigenvalue weighted by molar-refractivity contribution is -0.386. The van der Waals surface area contributed by atoms with Gasteiger partial charge in [-0.15, -0.1) is 0 Å². The van der Waals surface area contributed by atoms with Crippen LogP contribution < -0.4 is 4.74 Å². The average Bonchev–Trinajstić information content (AvgIpc) is 2.52. The molecule has 0 saturated carbocycles. The van der Waals surface area contributed by atoms with Crippen LogP contribution in [0.15, 0.2) is 12.1 Å². The van der Waals surface area contributed by atoms with Gasteiger partial charge >= 0.3 is 5.69 Å². The summed E-state index contributed by atoms with van der Waals surface area (Å²) in [4.78, 5) is 10.0. The summed E-state index contributed by atoms with van der Waals surface area (Å²) >= 11 is 0. The summed E-state index contributed by atoms with van der Waals surface area (Å²) in [5, 5.41) is 20.3. The number of hydrogen-bond acceptors (Lipinski definition) is 5. The minimum atomic E-state index is -1.41. The Kier molecular flexibility index (Phi) is 5.62. The van der Waals surface area contributed by atoms with Gasteiger partial charge in [0, 0.05) is 18.6 Å². The van der Waals surface area contributed by atoms with E-state index in [9.17, 15) is 24.0 Å². The van der Waals surface area contributed by atoms with Crippen LogP contribution in [0.25, 0.3) is 0 Å². The van der Waals surface area contributed by atoms with Gasteiger partial charge in [-0.25, -0.2) is 4.39 Å². The van der Waals surface area contributed by atoms with Crippen molar-refractivity contribution in [3.8, 4) is 5.75 Å². The maximum atomic E-state index is 13.7. The Labute approximate surface area is 125 Å². The molecule has 1 N–H and O–H groups in total. The van der Waals surface area contributed by atoms with Crippen LogP contribution in [-0.2, 0) is 4.74 Å².